The lowest BCUT2D eigenvalue weighted by molar-refractivity contribution is -0.207. The molecule has 4 saturated carbocycles. The highest BCUT2D eigenvalue weighted by atomic mass is 19.1. The van der Waals surface area contributed by atoms with E-state index >= 15 is 4.39 Å². The van der Waals surface area contributed by atoms with Crippen LogP contribution in [0.5, 0.6) is 0 Å². The Hall–Kier alpha value is -1.57. The second kappa shape index (κ2) is 11.3. The van der Waals surface area contributed by atoms with E-state index < -0.39 is 17.6 Å². The normalized spacial score (nSPS) is 43.0. The van der Waals surface area contributed by atoms with Crippen LogP contribution in [0.3, 0.4) is 0 Å². The van der Waals surface area contributed by atoms with Crippen LogP contribution >= 0.6 is 0 Å². The zero-order chi connectivity index (χ0) is 30.9. The summed E-state index contributed by atoms with van der Waals surface area (Å²) < 4.78 is 29.7. The Labute approximate surface area is 256 Å². The van der Waals surface area contributed by atoms with Crippen LogP contribution < -0.4 is 0 Å². The monoisotopic (exact) mass is 601 g/mol. The first-order valence-corrected chi connectivity index (χ1v) is 17.0. The van der Waals surface area contributed by atoms with Gasteiger partial charge < -0.3 is 20.2 Å². The van der Waals surface area contributed by atoms with Crippen molar-refractivity contribution in [2.24, 2.45) is 46.3 Å². The average molecular weight is 602 g/mol. The highest BCUT2D eigenvalue weighted by molar-refractivity contribution is 5.76. The van der Waals surface area contributed by atoms with Crippen LogP contribution in [-0.2, 0) is 10.5 Å². The maximum atomic E-state index is 15.8. The molecule has 0 radical (unpaired) electrons. The Morgan fingerprint density at radius 1 is 1.00 bits per heavy atom. The first kappa shape index (κ1) is 31.4. The van der Waals surface area contributed by atoms with Crippen LogP contribution in [-0.4, -0.2) is 57.5 Å². The smallest absolute Gasteiger partial charge is 0.222 e. The molecule has 0 spiro atoms. The molecule has 5 aliphatic rings. The summed E-state index contributed by atoms with van der Waals surface area (Å²) in [6.45, 7) is 9.26. The van der Waals surface area contributed by atoms with E-state index in [9.17, 15) is 24.5 Å². The number of rotatable bonds is 5. The molecule has 7 heteroatoms. The molecule has 240 valence electrons. The molecule has 6 rings (SSSR count). The number of carbonyl (C=O) groups is 1. The number of halogens is 2. The molecule has 43 heavy (non-hydrogen) atoms. The van der Waals surface area contributed by atoms with Crippen molar-refractivity contribution in [3.63, 3.8) is 0 Å². The topological polar surface area (TPSA) is 81.0 Å². The Morgan fingerprint density at radius 2 is 1.72 bits per heavy atom. The molecule has 1 amide bonds. The number of benzene rings is 1. The third kappa shape index (κ3) is 5.27. The summed E-state index contributed by atoms with van der Waals surface area (Å²) in [6, 6.07) is 4.40. The van der Waals surface area contributed by atoms with Crippen LogP contribution in [0.25, 0.3) is 0 Å². The summed E-state index contributed by atoms with van der Waals surface area (Å²) in [5.41, 5.74) is -0.773. The standard InChI is InChI=1S/C36H53F2NO4/c1-21-15-24(17-25(37)16-21)36(38)11-13-39(14-12-36)32(43)8-5-22(2)27-6-7-28-33-29(20-31(42)35(27,28)4)34(3)10-9-26(40)18-23(34)19-30(33)41/h15-17,22-23,26-31,33,40-42H,5-14,18-20H2,1-4H3/t22-,23+,26-,27-,28+,29+,30-,31+,33+,34+,35-/m1/s1. The Kier molecular flexibility index (Phi) is 8.29. The number of amides is 1. The van der Waals surface area contributed by atoms with Gasteiger partial charge in [-0.05, 0) is 128 Å². The maximum absolute atomic E-state index is 15.8. The zero-order valence-electron chi connectivity index (χ0n) is 26.6. The highest BCUT2D eigenvalue weighted by Crippen LogP contribution is 2.68. The molecule has 3 N–H and O–H groups in total. The number of hydrogen-bond donors (Lipinski definition) is 3. The van der Waals surface area contributed by atoms with Gasteiger partial charge in [0, 0.05) is 32.4 Å². The second-order valence-electron chi connectivity index (χ2n) is 15.9. The number of likely N-dealkylation sites (tertiary alicyclic amines) is 1. The molecule has 1 aromatic carbocycles. The number of aliphatic hydroxyl groups is 3. The van der Waals surface area contributed by atoms with Crippen molar-refractivity contribution in [2.75, 3.05) is 13.1 Å². The summed E-state index contributed by atoms with van der Waals surface area (Å²) in [6.07, 6.45) is 6.39. The van der Waals surface area contributed by atoms with Crippen LogP contribution in [0.1, 0.15) is 103 Å². The van der Waals surface area contributed by atoms with Crippen molar-refractivity contribution in [1.29, 1.82) is 0 Å². The number of nitrogens with zero attached hydrogens (tertiary/aromatic N) is 1. The van der Waals surface area contributed by atoms with Crippen molar-refractivity contribution in [1.82, 2.24) is 4.90 Å². The molecule has 5 nitrogen and oxygen atoms in total. The van der Waals surface area contributed by atoms with Crippen LogP contribution in [0.4, 0.5) is 8.78 Å². The van der Waals surface area contributed by atoms with Gasteiger partial charge in [0.1, 0.15) is 11.5 Å². The van der Waals surface area contributed by atoms with E-state index in [-0.39, 0.29) is 71.4 Å². The first-order chi connectivity index (χ1) is 20.3. The van der Waals surface area contributed by atoms with Gasteiger partial charge in [-0.2, -0.15) is 0 Å². The van der Waals surface area contributed by atoms with Crippen molar-refractivity contribution in [2.45, 2.75) is 122 Å². The van der Waals surface area contributed by atoms with Crippen LogP contribution in [0, 0.1) is 59.1 Å². The molecule has 0 aromatic heterocycles. The first-order valence-electron chi connectivity index (χ1n) is 17.0. The molecule has 11 atom stereocenters. The van der Waals surface area contributed by atoms with Crippen molar-refractivity contribution >= 4 is 5.91 Å². The molecule has 0 bridgehead atoms. The van der Waals surface area contributed by atoms with Gasteiger partial charge in [0.2, 0.25) is 5.91 Å². The summed E-state index contributed by atoms with van der Waals surface area (Å²) in [5, 5.41) is 33.7. The Morgan fingerprint density at radius 3 is 2.42 bits per heavy atom. The SMILES string of the molecule is Cc1cc(F)cc(C2(F)CCN(C(=O)CC[C@@H](C)[C@H]3CC[C@H]4[C@@H]5[C@H](O)C[C@@H]6C[C@H](O)CC[C@]6(C)[C@H]5C[C@H](O)[C@]34C)CC2)c1. The molecule has 5 fully saturated rings. The minimum atomic E-state index is -1.61. The van der Waals surface area contributed by atoms with E-state index in [0.29, 0.717) is 43.0 Å². The van der Waals surface area contributed by atoms with Crippen molar-refractivity contribution in [3.05, 3.63) is 35.1 Å². The predicted octanol–water partition coefficient (Wildman–Crippen LogP) is 6.30. The fourth-order valence-corrected chi connectivity index (χ4v) is 11.2. The number of piperidine rings is 1. The van der Waals surface area contributed by atoms with Gasteiger partial charge in [0.05, 0.1) is 18.3 Å². The summed E-state index contributed by atoms with van der Waals surface area (Å²) >= 11 is 0. The van der Waals surface area contributed by atoms with Gasteiger partial charge in [0.25, 0.3) is 0 Å². The number of alkyl halides is 1. The molecule has 0 unspecified atom stereocenters. The van der Waals surface area contributed by atoms with Gasteiger partial charge in [-0.3, -0.25) is 4.79 Å². The minimum absolute atomic E-state index is 0.0504. The van der Waals surface area contributed by atoms with E-state index in [1.54, 1.807) is 17.9 Å². The summed E-state index contributed by atoms with van der Waals surface area (Å²) in [5.74, 6) is 1.18. The molecule has 1 heterocycles. The van der Waals surface area contributed by atoms with E-state index in [2.05, 4.69) is 20.8 Å². The predicted molar refractivity (Wildman–Crippen MR) is 162 cm³/mol. The minimum Gasteiger partial charge on any atom is -0.393 e. The lowest BCUT2D eigenvalue weighted by atomic mass is 9.43. The summed E-state index contributed by atoms with van der Waals surface area (Å²) in [4.78, 5) is 15.0. The Bertz CT molecular complexity index is 1180. The molecule has 1 aliphatic heterocycles. The molecular weight excluding hydrogens is 548 g/mol. The molecule has 1 aromatic rings. The number of aryl methyl sites for hydroxylation is 1. The quantitative estimate of drug-likeness (QED) is 0.370. The number of fused-ring (bicyclic) bond motifs is 5. The van der Waals surface area contributed by atoms with Crippen molar-refractivity contribution in [3.8, 4) is 0 Å². The average Bonchev–Trinajstić information content (AvgIpc) is 3.31. The van der Waals surface area contributed by atoms with Gasteiger partial charge in [0.15, 0.2) is 0 Å². The third-order valence-electron chi connectivity index (χ3n) is 13.8. The van der Waals surface area contributed by atoms with Gasteiger partial charge in [-0.1, -0.05) is 26.8 Å². The van der Waals surface area contributed by atoms with Gasteiger partial charge in [-0.25, -0.2) is 8.78 Å². The fraction of sp³-hybridized carbons (Fsp3) is 0.806. The lowest BCUT2D eigenvalue weighted by Gasteiger charge is -2.63. The van der Waals surface area contributed by atoms with E-state index in [4.69, 9.17) is 0 Å². The van der Waals surface area contributed by atoms with Gasteiger partial charge >= 0.3 is 0 Å². The lowest BCUT2D eigenvalue weighted by Crippen LogP contribution is -2.62. The highest BCUT2D eigenvalue weighted by Gasteiger charge is 2.65. The largest absolute Gasteiger partial charge is 0.393 e. The Balaban J connectivity index is 1.08. The molecular formula is C36H53F2NO4. The van der Waals surface area contributed by atoms with E-state index in [1.807, 2.05) is 0 Å². The summed E-state index contributed by atoms with van der Waals surface area (Å²) in [7, 11) is 0. The van der Waals surface area contributed by atoms with E-state index in [1.165, 1.54) is 12.1 Å². The zero-order valence-corrected chi connectivity index (χ0v) is 26.6. The fourth-order valence-electron chi connectivity index (χ4n) is 11.2. The second-order valence-corrected chi connectivity index (χ2v) is 15.9. The number of hydrogen-bond acceptors (Lipinski definition) is 4. The van der Waals surface area contributed by atoms with Crippen molar-refractivity contribution < 1.29 is 28.9 Å². The third-order valence-corrected chi connectivity index (χ3v) is 13.8. The number of carbonyl (C=O) groups excluding carboxylic acids is 1. The molecule has 1 saturated heterocycles. The van der Waals surface area contributed by atoms with Crippen LogP contribution in [0.15, 0.2) is 18.2 Å². The van der Waals surface area contributed by atoms with Crippen LogP contribution in [0.2, 0.25) is 0 Å². The maximum Gasteiger partial charge on any atom is 0.222 e. The molecule has 4 aliphatic carbocycles. The van der Waals surface area contributed by atoms with E-state index in [0.717, 1.165) is 44.9 Å². The number of aliphatic hydroxyl groups excluding tert-OH is 3. The van der Waals surface area contributed by atoms with Gasteiger partial charge in [-0.15, -0.1) is 0 Å².